The maximum Gasteiger partial charge on any atom is 0.313 e. The number of carboxylic acids is 1. The molecular formula is C10H10N2O2S2. The highest BCUT2D eigenvalue weighted by Crippen LogP contribution is 2.17. The average Bonchev–Trinajstić information content (AvgIpc) is 2.87. The Morgan fingerprint density at radius 2 is 2.50 bits per heavy atom. The van der Waals surface area contributed by atoms with Crippen molar-refractivity contribution in [2.75, 3.05) is 5.75 Å². The predicted molar refractivity (Wildman–Crippen MR) is 64.0 cm³/mol. The minimum atomic E-state index is -0.824. The van der Waals surface area contributed by atoms with Crippen LogP contribution in [0.4, 0.5) is 0 Å². The van der Waals surface area contributed by atoms with Crippen molar-refractivity contribution in [3.8, 4) is 0 Å². The summed E-state index contributed by atoms with van der Waals surface area (Å²) in [5.41, 5.74) is 1.21. The number of aliphatic carboxylic acids is 1. The van der Waals surface area contributed by atoms with Crippen molar-refractivity contribution in [3.63, 3.8) is 0 Å². The highest BCUT2D eigenvalue weighted by molar-refractivity contribution is 7.99. The van der Waals surface area contributed by atoms with E-state index in [0.29, 0.717) is 0 Å². The van der Waals surface area contributed by atoms with Crippen molar-refractivity contribution in [2.45, 2.75) is 11.7 Å². The molecule has 16 heavy (non-hydrogen) atoms. The van der Waals surface area contributed by atoms with Crippen LogP contribution in [0.3, 0.4) is 0 Å². The molecule has 0 fully saturated rings. The fourth-order valence-corrected chi connectivity index (χ4v) is 2.60. The number of imidazole rings is 1. The summed E-state index contributed by atoms with van der Waals surface area (Å²) in [6.07, 6.45) is 3.55. The molecule has 0 saturated carbocycles. The van der Waals surface area contributed by atoms with Crippen LogP contribution in [0.5, 0.6) is 0 Å². The van der Waals surface area contributed by atoms with Gasteiger partial charge in [0, 0.05) is 12.4 Å². The van der Waals surface area contributed by atoms with Gasteiger partial charge in [-0.3, -0.25) is 4.79 Å². The molecule has 2 aromatic heterocycles. The first-order chi connectivity index (χ1) is 7.75. The summed E-state index contributed by atoms with van der Waals surface area (Å²) in [6, 6.07) is 2.05. The lowest BCUT2D eigenvalue weighted by Crippen LogP contribution is -2.03. The Bertz CT molecular complexity index is 465. The lowest BCUT2D eigenvalue weighted by molar-refractivity contribution is -0.133. The van der Waals surface area contributed by atoms with E-state index in [1.807, 2.05) is 16.1 Å². The standard InChI is InChI=1S/C10H10N2O2S2/c13-9(14)7-16-10-11-2-3-12(10)5-8-1-4-15-6-8/h1-4,6H,5,7H2,(H,13,14). The van der Waals surface area contributed by atoms with Crippen LogP contribution >= 0.6 is 23.1 Å². The maximum absolute atomic E-state index is 10.5. The first-order valence-electron chi connectivity index (χ1n) is 4.62. The van der Waals surface area contributed by atoms with E-state index in [1.165, 1.54) is 17.3 Å². The van der Waals surface area contributed by atoms with Gasteiger partial charge in [0.2, 0.25) is 0 Å². The Labute approximate surface area is 101 Å². The largest absolute Gasteiger partial charge is 0.481 e. The van der Waals surface area contributed by atoms with Crippen LogP contribution < -0.4 is 0 Å². The second-order valence-corrected chi connectivity index (χ2v) is 4.87. The molecule has 2 rings (SSSR count). The van der Waals surface area contributed by atoms with Gasteiger partial charge in [0.15, 0.2) is 5.16 Å². The minimum Gasteiger partial charge on any atom is -0.481 e. The van der Waals surface area contributed by atoms with E-state index in [9.17, 15) is 4.79 Å². The molecule has 2 aromatic rings. The molecule has 0 radical (unpaired) electrons. The van der Waals surface area contributed by atoms with Crippen molar-refractivity contribution in [1.82, 2.24) is 9.55 Å². The van der Waals surface area contributed by atoms with Crippen LogP contribution in [-0.2, 0) is 11.3 Å². The molecule has 0 aliphatic heterocycles. The highest BCUT2D eigenvalue weighted by Gasteiger charge is 2.06. The van der Waals surface area contributed by atoms with Gasteiger partial charge < -0.3 is 9.67 Å². The van der Waals surface area contributed by atoms with Crippen LogP contribution in [0.15, 0.2) is 34.4 Å². The van der Waals surface area contributed by atoms with Gasteiger partial charge in [-0.05, 0) is 22.4 Å². The second kappa shape index (κ2) is 5.18. The molecule has 0 amide bonds. The number of hydrogen-bond acceptors (Lipinski definition) is 4. The molecule has 4 nitrogen and oxygen atoms in total. The van der Waals surface area contributed by atoms with E-state index < -0.39 is 5.97 Å². The molecule has 0 spiro atoms. The molecule has 6 heteroatoms. The SMILES string of the molecule is O=C(O)CSc1nccn1Cc1ccsc1. The normalized spacial score (nSPS) is 10.5. The van der Waals surface area contributed by atoms with Crippen LogP contribution in [0.2, 0.25) is 0 Å². The Morgan fingerprint density at radius 3 is 3.19 bits per heavy atom. The lowest BCUT2D eigenvalue weighted by Gasteiger charge is -2.04. The lowest BCUT2D eigenvalue weighted by atomic mass is 10.3. The molecule has 0 aromatic carbocycles. The van der Waals surface area contributed by atoms with E-state index in [2.05, 4.69) is 16.4 Å². The Balaban J connectivity index is 2.04. The molecule has 2 heterocycles. The summed E-state index contributed by atoms with van der Waals surface area (Å²) in [7, 11) is 0. The summed E-state index contributed by atoms with van der Waals surface area (Å²) >= 11 is 2.89. The van der Waals surface area contributed by atoms with Crippen LogP contribution in [0, 0.1) is 0 Å². The topological polar surface area (TPSA) is 55.1 Å². The van der Waals surface area contributed by atoms with Gasteiger partial charge in [0.05, 0.1) is 12.3 Å². The smallest absolute Gasteiger partial charge is 0.313 e. The summed E-state index contributed by atoms with van der Waals surface area (Å²) < 4.78 is 1.95. The number of carbonyl (C=O) groups is 1. The number of nitrogens with zero attached hydrogens (tertiary/aromatic N) is 2. The molecule has 0 unspecified atom stereocenters. The van der Waals surface area contributed by atoms with Crippen molar-refractivity contribution in [3.05, 3.63) is 34.8 Å². The van der Waals surface area contributed by atoms with Gasteiger partial charge in [-0.2, -0.15) is 11.3 Å². The Kier molecular flexibility index (Phi) is 3.63. The molecular weight excluding hydrogens is 244 g/mol. The maximum atomic E-state index is 10.5. The predicted octanol–water partition coefficient (Wildman–Crippen LogP) is 2.17. The average molecular weight is 254 g/mol. The first-order valence-corrected chi connectivity index (χ1v) is 6.55. The zero-order chi connectivity index (χ0) is 11.4. The van der Waals surface area contributed by atoms with Gasteiger partial charge in [-0.15, -0.1) is 0 Å². The molecule has 0 atom stereocenters. The minimum absolute atomic E-state index is 0.0423. The third-order valence-electron chi connectivity index (χ3n) is 1.94. The van der Waals surface area contributed by atoms with Crippen molar-refractivity contribution in [1.29, 1.82) is 0 Å². The number of thioether (sulfide) groups is 1. The van der Waals surface area contributed by atoms with Gasteiger partial charge >= 0.3 is 5.97 Å². The third-order valence-corrected chi connectivity index (χ3v) is 3.66. The quantitative estimate of drug-likeness (QED) is 0.831. The van der Waals surface area contributed by atoms with Gasteiger partial charge in [0.1, 0.15) is 0 Å². The highest BCUT2D eigenvalue weighted by atomic mass is 32.2. The number of aromatic nitrogens is 2. The Morgan fingerprint density at radius 1 is 1.62 bits per heavy atom. The van der Waals surface area contributed by atoms with Crippen LogP contribution in [0.1, 0.15) is 5.56 Å². The summed E-state index contributed by atoms with van der Waals surface area (Å²) in [5, 5.41) is 13.4. The van der Waals surface area contributed by atoms with Crippen LogP contribution in [-0.4, -0.2) is 26.4 Å². The molecule has 84 valence electrons. The zero-order valence-electron chi connectivity index (χ0n) is 8.37. The van der Waals surface area contributed by atoms with Crippen molar-refractivity contribution >= 4 is 29.1 Å². The number of thiophene rings is 1. The fraction of sp³-hybridized carbons (Fsp3) is 0.200. The molecule has 0 bridgehead atoms. The van der Waals surface area contributed by atoms with Gasteiger partial charge in [-0.1, -0.05) is 11.8 Å². The zero-order valence-corrected chi connectivity index (χ0v) is 10.0. The van der Waals surface area contributed by atoms with Crippen LogP contribution in [0.25, 0.3) is 0 Å². The molecule has 0 saturated heterocycles. The van der Waals surface area contributed by atoms with Gasteiger partial charge in [0.25, 0.3) is 0 Å². The van der Waals surface area contributed by atoms with E-state index >= 15 is 0 Å². The van der Waals surface area contributed by atoms with Crippen molar-refractivity contribution < 1.29 is 9.90 Å². The van der Waals surface area contributed by atoms with Crippen molar-refractivity contribution in [2.24, 2.45) is 0 Å². The summed E-state index contributed by atoms with van der Waals surface area (Å²) in [6.45, 7) is 0.742. The monoisotopic (exact) mass is 254 g/mol. The Hall–Kier alpha value is -1.27. The first kappa shape index (κ1) is 11.2. The van der Waals surface area contributed by atoms with E-state index in [1.54, 1.807) is 17.5 Å². The van der Waals surface area contributed by atoms with Gasteiger partial charge in [-0.25, -0.2) is 4.98 Å². The van der Waals surface area contributed by atoms with E-state index in [-0.39, 0.29) is 5.75 Å². The second-order valence-electron chi connectivity index (χ2n) is 3.15. The molecule has 1 N–H and O–H groups in total. The van der Waals surface area contributed by atoms with E-state index in [0.717, 1.165) is 11.7 Å². The number of carboxylic acid groups (broad SMARTS) is 1. The third kappa shape index (κ3) is 2.86. The summed E-state index contributed by atoms with van der Waals surface area (Å²) in [4.78, 5) is 14.6. The number of hydrogen-bond donors (Lipinski definition) is 1. The van der Waals surface area contributed by atoms with E-state index in [4.69, 9.17) is 5.11 Å². The summed E-state index contributed by atoms with van der Waals surface area (Å²) in [5.74, 6) is -0.782. The molecule has 0 aliphatic carbocycles. The number of rotatable bonds is 5. The molecule has 0 aliphatic rings. The fourth-order valence-electron chi connectivity index (χ4n) is 1.26.